The van der Waals surface area contributed by atoms with Gasteiger partial charge in [-0.15, -0.1) is 10.2 Å². The van der Waals surface area contributed by atoms with Gasteiger partial charge in [0.2, 0.25) is 0 Å². The van der Waals surface area contributed by atoms with Gasteiger partial charge in [-0.05, 0) is 45.0 Å². The van der Waals surface area contributed by atoms with E-state index < -0.39 is 5.91 Å². The normalized spacial score (nSPS) is 11.2. The molecule has 1 heterocycles. The number of amides is 1. The van der Waals surface area contributed by atoms with E-state index in [1.54, 1.807) is 24.3 Å². The molecule has 106 valence electrons. The Morgan fingerprint density at radius 3 is 2.40 bits per heavy atom. The molecule has 0 aliphatic heterocycles. The molecule has 2 aromatic rings. The van der Waals surface area contributed by atoms with Gasteiger partial charge in [0.1, 0.15) is 11.4 Å². The third kappa shape index (κ3) is 3.47. The molecular formula is C13H17N5O2. The van der Waals surface area contributed by atoms with Crippen molar-refractivity contribution in [3.63, 3.8) is 0 Å². The summed E-state index contributed by atoms with van der Waals surface area (Å²) in [5.74, 6) is 0.382. The van der Waals surface area contributed by atoms with Crippen molar-refractivity contribution in [2.24, 2.45) is 0 Å². The van der Waals surface area contributed by atoms with E-state index in [-0.39, 0.29) is 17.1 Å². The number of aromatic amines is 1. The van der Waals surface area contributed by atoms with Crippen molar-refractivity contribution in [1.29, 1.82) is 0 Å². The molecule has 0 fully saturated rings. The minimum absolute atomic E-state index is 0.0650. The molecule has 0 atom stereocenters. The smallest absolute Gasteiger partial charge is 0.280 e. The van der Waals surface area contributed by atoms with Crippen LogP contribution in [0.3, 0.4) is 0 Å². The first-order chi connectivity index (χ1) is 9.35. The lowest BCUT2D eigenvalue weighted by atomic mass is 10.2. The van der Waals surface area contributed by atoms with Gasteiger partial charge in [-0.3, -0.25) is 4.79 Å². The number of nitrogens with zero attached hydrogens (tertiary/aromatic N) is 2. The lowest BCUT2D eigenvalue weighted by Crippen LogP contribution is -2.22. The molecule has 0 radical (unpaired) electrons. The van der Waals surface area contributed by atoms with Gasteiger partial charge in [-0.1, -0.05) is 0 Å². The Labute approximate surface area is 116 Å². The largest absolute Gasteiger partial charge is 0.488 e. The molecule has 1 aromatic carbocycles. The van der Waals surface area contributed by atoms with Gasteiger partial charge in [-0.25, -0.2) is 0 Å². The number of H-pyrrole nitrogens is 1. The molecule has 0 saturated carbocycles. The zero-order chi connectivity index (χ0) is 14.8. The van der Waals surface area contributed by atoms with Crippen LogP contribution in [0.2, 0.25) is 0 Å². The van der Waals surface area contributed by atoms with Gasteiger partial charge in [0.15, 0.2) is 11.5 Å². The van der Waals surface area contributed by atoms with Crippen molar-refractivity contribution in [3.05, 3.63) is 30.0 Å². The molecule has 1 aromatic heterocycles. The van der Waals surface area contributed by atoms with Crippen molar-refractivity contribution in [3.8, 4) is 5.75 Å². The van der Waals surface area contributed by atoms with E-state index in [0.29, 0.717) is 5.69 Å². The van der Waals surface area contributed by atoms with Crippen molar-refractivity contribution in [2.75, 3.05) is 11.1 Å². The Kier molecular flexibility index (Phi) is 3.60. The highest BCUT2D eigenvalue weighted by atomic mass is 16.5. The Balaban J connectivity index is 2.04. The summed E-state index contributed by atoms with van der Waals surface area (Å²) in [4.78, 5) is 11.9. The second-order valence-corrected chi connectivity index (χ2v) is 5.25. The molecule has 0 aliphatic rings. The van der Waals surface area contributed by atoms with E-state index >= 15 is 0 Å². The number of rotatable bonds is 3. The average molecular weight is 275 g/mol. The highest BCUT2D eigenvalue weighted by Crippen LogP contribution is 2.20. The van der Waals surface area contributed by atoms with Crippen LogP contribution in [0.4, 0.5) is 11.5 Å². The molecule has 0 spiro atoms. The molecule has 0 bridgehead atoms. The topological polar surface area (TPSA) is 106 Å². The first-order valence-electron chi connectivity index (χ1n) is 6.12. The summed E-state index contributed by atoms with van der Waals surface area (Å²) in [5, 5.41) is 12.2. The highest BCUT2D eigenvalue weighted by molar-refractivity contribution is 6.05. The number of nitrogens with two attached hydrogens (primary N) is 1. The summed E-state index contributed by atoms with van der Waals surface area (Å²) in [6.07, 6.45) is 0. The third-order valence-electron chi connectivity index (χ3n) is 2.33. The van der Waals surface area contributed by atoms with E-state index in [9.17, 15) is 4.79 Å². The van der Waals surface area contributed by atoms with Gasteiger partial charge in [0, 0.05) is 5.69 Å². The van der Waals surface area contributed by atoms with Crippen LogP contribution in [0.5, 0.6) is 5.75 Å². The highest BCUT2D eigenvalue weighted by Gasteiger charge is 2.15. The molecule has 0 aliphatic carbocycles. The van der Waals surface area contributed by atoms with Crippen LogP contribution in [0.15, 0.2) is 24.3 Å². The van der Waals surface area contributed by atoms with Gasteiger partial charge >= 0.3 is 0 Å². The summed E-state index contributed by atoms with van der Waals surface area (Å²) in [7, 11) is 0. The first kappa shape index (κ1) is 13.9. The minimum Gasteiger partial charge on any atom is -0.488 e. The Hall–Kier alpha value is -2.57. The zero-order valence-electron chi connectivity index (χ0n) is 11.6. The van der Waals surface area contributed by atoms with Crippen LogP contribution in [0.1, 0.15) is 31.3 Å². The number of nitrogen functional groups attached to an aromatic ring is 1. The average Bonchev–Trinajstić information content (AvgIpc) is 2.76. The van der Waals surface area contributed by atoms with Gasteiger partial charge < -0.3 is 15.8 Å². The summed E-state index contributed by atoms with van der Waals surface area (Å²) in [6.45, 7) is 5.90. The number of anilines is 2. The Morgan fingerprint density at radius 1 is 1.25 bits per heavy atom. The maximum atomic E-state index is 11.9. The van der Waals surface area contributed by atoms with E-state index in [0.717, 1.165) is 5.75 Å². The summed E-state index contributed by atoms with van der Waals surface area (Å²) < 4.78 is 5.69. The maximum Gasteiger partial charge on any atom is 0.280 e. The molecule has 0 unspecified atom stereocenters. The van der Waals surface area contributed by atoms with Gasteiger partial charge in [-0.2, -0.15) is 5.21 Å². The molecule has 20 heavy (non-hydrogen) atoms. The monoisotopic (exact) mass is 275 g/mol. The van der Waals surface area contributed by atoms with E-state index in [2.05, 4.69) is 20.7 Å². The van der Waals surface area contributed by atoms with E-state index in [1.807, 2.05) is 20.8 Å². The lowest BCUT2D eigenvalue weighted by molar-refractivity contribution is 0.102. The van der Waals surface area contributed by atoms with Crippen LogP contribution in [-0.4, -0.2) is 26.9 Å². The van der Waals surface area contributed by atoms with Crippen LogP contribution < -0.4 is 15.8 Å². The SMILES string of the molecule is CC(C)(C)Oc1ccc(NC(=O)c2n[nH]nc2N)cc1. The first-order valence-corrected chi connectivity index (χ1v) is 6.12. The number of hydrogen-bond donors (Lipinski definition) is 3. The lowest BCUT2D eigenvalue weighted by Gasteiger charge is -2.21. The number of nitrogens with one attached hydrogen (secondary N) is 2. The standard InChI is InChI=1S/C13H17N5O2/c1-13(2,3)20-9-6-4-8(5-7-9)15-12(19)10-11(14)17-18-16-10/h4-7H,1-3H3,(H,15,19)(H3,14,16,17,18). The second kappa shape index (κ2) is 5.20. The number of aromatic nitrogens is 3. The van der Waals surface area contributed by atoms with Crippen molar-refractivity contribution < 1.29 is 9.53 Å². The Morgan fingerprint density at radius 2 is 1.90 bits per heavy atom. The molecule has 1 amide bonds. The fourth-order valence-electron chi connectivity index (χ4n) is 1.56. The molecule has 0 saturated heterocycles. The van der Waals surface area contributed by atoms with Crippen LogP contribution >= 0.6 is 0 Å². The van der Waals surface area contributed by atoms with Gasteiger partial charge in [0.25, 0.3) is 5.91 Å². The number of carbonyl (C=O) groups is 1. The summed E-state index contributed by atoms with van der Waals surface area (Å²) >= 11 is 0. The van der Waals surface area contributed by atoms with Crippen LogP contribution in [0, 0.1) is 0 Å². The zero-order valence-corrected chi connectivity index (χ0v) is 11.6. The molecule has 4 N–H and O–H groups in total. The predicted octanol–water partition coefficient (Wildman–Crippen LogP) is 1.82. The quantitative estimate of drug-likeness (QED) is 0.792. The fraction of sp³-hybridized carbons (Fsp3) is 0.308. The summed E-state index contributed by atoms with van der Waals surface area (Å²) in [5.41, 5.74) is 5.93. The van der Waals surface area contributed by atoms with E-state index in [1.165, 1.54) is 0 Å². The molecule has 7 heteroatoms. The molecular weight excluding hydrogens is 258 g/mol. The number of benzene rings is 1. The second-order valence-electron chi connectivity index (χ2n) is 5.25. The fourth-order valence-corrected chi connectivity index (χ4v) is 1.56. The number of ether oxygens (including phenoxy) is 1. The maximum absolute atomic E-state index is 11.9. The summed E-state index contributed by atoms with van der Waals surface area (Å²) in [6, 6.07) is 7.06. The van der Waals surface area contributed by atoms with Crippen molar-refractivity contribution in [1.82, 2.24) is 15.4 Å². The Bertz CT molecular complexity index is 598. The third-order valence-corrected chi connectivity index (χ3v) is 2.33. The minimum atomic E-state index is -0.416. The molecule has 2 rings (SSSR count). The van der Waals surface area contributed by atoms with E-state index in [4.69, 9.17) is 10.5 Å². The van der Waals surface area contributed by atoms with Crippen LogP contribution in [0.25, 0.3) is 0 Å². The molecule has 7 nitrogen and oxygen atoms in total. The van der Waals surface area contributed by atoms with Crippen molar-refractivity contribution in [2.45, 2.75) is 26.4 Å². The van der Waals surface area contributed by atoms with Crippen LogP contribution in [-0.2, 0) is 0 Å². The number of hydrogen-bond acceptors (Lipinski definition) is 5. The number of carbonyl (C=O) groups excluding carboxylic acids is 1. The predicted molar refractivity (Wildman–Crippen MR) is 75.6 cm³/mol. The van der Waals surface area contributed by atoms with Crippen molar-refractivity contribution >= 4 is 17.4 Å². The van der Waals surface area contributed by atoms with Gasteiger partial charge in [0.05, 0.1) is 0 Å².